The van der Waals surface area contributed by atoms with Gasteiger partial charge in [-0.05, 0) is 59.2 Å². The molecule has 4 aromatic rings. The number of allylic oxidation sites excluding steroid dienone is 2. The number of hydrogen-bond acceptors (Lipinski definition) is 3. The molecule has 0 atom stereocenters. The van der Waals surface area contributed by atoms with Crippen molar-refractivity contribution < 1.29 is 30.0 Å². The molecule has 43 heavy (non-hydrogen) atoms. The van der Waals surface area contributed by atoms with Crippen molar-refractivity contribution in [2.24, 2.45) is 11.8 Å². The van der Waals surface area contributed by atoms with E-state index in [-0.39, 0.29) is 50.6 Å². The summed E-state index contributed by atoms with van der Waals surface area (Å²) in [5, 5.41) is 14.8. The van der Waals surface area contributed by atoms with E-state index < -0.39 is 0 Å². The van der Waals surface area contributed by atoms with E-state index in [2.05, 4.69) is 86.4 Å². The van der Waals surface area contributed by atoms with Gasteiger partial charge in [0, 0.05) is 44.2 Å². The Morgan fingerprint density at radius 1 is 0.837 bits per heavy atom. The van der Waals surface area contributed by atoms with Gasteiger partial charge in [-0.3, -0.25) is 4.79 Å². The van der Waals surface area contributed by atoms with Gasteiger partial charge in [-0.2, -0.15) is 0 Å². The standard InChI is InChI=1S/C23H20N.C15H24O2.CH4.Ir/c1-23(2,3)18-11-12-20-17(15-18)13-14-24-22(20)21-10-6-8-16-7-4-5-9-19(16)21;16-14(12-7-3-1-4-8-12)11-15(17)13-9-5-2-6-10-13;;/h4-9,11-15H,1-3H3;11-13,16H,1-10H2;1H4;/q-1;;;. The molecule has 0 saturated heterocycles. The zero-order valence-corrected chi connectivity index (χ0v) is 27.7. The molecule has 0 unspecified atom stereocenters. The number of carbonyl (C=O) groups is 1. The molecular formula is C39H48IrNO2-. The van der Waals surface area contributed by atoms with Gasteiger partial charge in [0.25, 0.3) is 0 Å². The zero-order chi connectivity index (χ0) is 28.8. The molecule has 2 fully saturated rings. The van der Waals surface area contributed by atoms with Crippen molar-refractivity contribution in [3.05, 3.63) is 90.3 Å². The number of fused-ring (bicyclic) bond motifs is 2. The molecular weight excluding hydrogens is 707 g/mol. The number of hydrogen-bond donors (Lipinski definition) is 1. The van der Waals surface area contributed by atoms with Gasteiger partial charge in [-0.15, -0.1) is 29.1 Å². The van der Waals surface area contributed by atoms with Crippen LogP contribution in [0.3, 0.4) is 0 Å². The number of rotatable bonds is 4. The maximum absolute atomic E-state index is 12.0. The van der Waals surface area contributed by atoms with E-state index in [9.17, 15) is 9.90 Å². The molecule has 3 nitrogen and oxygen atoms in total. The number of aromatic nitrogens is 1. The molecule has 0 bridgehead atoms. The molecule has 3 aromatic carbocycles. The Morgan fingerprint density at radius 3 is 2.16 bits per heavy atom. The number of aliphatic hydroxyl groups excluding tert-OH is 1. The van der Waals surface area contributed by atoms with Crippen LogP contribution in [0, 0.1) is 17.9 Å². The number of nitrogens with zero attached hydrogens (tertiary/aromatic N) is 1. The van der Waals surface area contributed by atoms with Gasteiger partial charge >= 0.3 is 0 Å². The van der Waals surface area contributed by atoms with E-state index in [4.69, 9.17) is 0 Å². The molecule has 0 aliphatic heterocycles. The molecule has 1 radical (unpaired) electrons. The van der Waals surface area contributed by atoms with E-state index in [1.807, 2.05) is 12.3 Å². The maximum Gasteiger partial charge on any atom is 0.162 e. The second kappa shape index (κ2) is 15.8. The molecule has 2 saturated carbocycles. The normalized spacial score (nSPS) is 16.5. The molecule has 4 heteroatoms. The first-order chi connectivity index (χ1) is 19.8. The van der Waals surface area contributed by atoms with Gasteiger partial charge in [0.05, 0.1) is 5.76 Å². The van der Waals surface area contributed by atoms with E-state index >= 15 is 0 Å². The summed E-state index contributed by atoms with van der Waals surface area (Å²) in [5.74, 6) is 0.985. The fourth-order valence-electron chi connectivity index (χ4n) is 6.37. The molecule has 2 aliphatic rings. The minimum absolute atomic E-state index is 0. The van der Waals surface area contributed by atoms with Gasteiger partial charge in [0.15, 0.2) is 5.78 Å². The number of pyridine rings is 1. The average Bonchev–Trinajstić information content (AvgIpc) is 3.01. The Balaban J connectivity index is 0.000000238. The SMILES string of the molecule is C.CC(C)(C)c1ccc2c(-c3[c-]ccc4ccccc34)nccc2c1.O=C(C=C(O)C1CCCCC1)C1CCCCC1.[Ir]. The van der Waals surface area contributed by atoms with Crippen LogP contribution in [-0.4, -0.2) is 15.9 Å². The number of carbonyl (C=O) groups excluding carboxylic acids is 1. The van der Waals surface area contributed by atoms with Crippen molar-refractivity contribution in [2.75, 3.05) is 0 Å². The zero-order valence-electron chi connectivity index (χ0n) is 25.3. The first-order valence-corrected chi connectivity index (χ1v) is 15.5. The summed E-state index contributed by atoms with van der Waals surface area (Å²) < 4.78 is 0. The molecule has 1 heterocycles. The topological polar surface area (TPSA) is 50.2 Å². The Morgan fingerprint density at radius 2 is 1.49 bits per heavy atom. The predicted molar refractivity (Wildman–Crippen MR) is 178 cm³/mol. The van der Waals surface area contributed by atoms with E-state index in [0.717, 1.165) is 36.9 Å². The quantitative estimate of drug-likeness (QED) is 0.128. The van der Waals surface area contributed by atoms with Gasteiger partial charge in [0.2, 0.25) is 0 Å². The van der Waals surface area contributed by atoms with Crippen molar-refractivity contribution >= 4 is 27.3 Å². The molecule has 1 N–H and O–H groups in total. The first-order valence-electron chi connectivity index (χ1n) is 15.5. The third kappa shape index (κ3) is 8.64. The van der Waals surface area contributed by atoms with Crippen LogP contribution in [0.2, 0.25) is 0 Å². The van der Waals surface area contributed by atoms with Gasteiger partial charge in [-0.1, -0.05) is 115 Å². The van der Waals surface area contributed by atoms with Crippen LogP contribution < -0.4 is 0 Å². The predicted octanol–water partition coefficient (Wildman–Crippen LogP) is 10.9. The number of ketones is 1. The fraction of sp³-hybridized carbons (Fsp3) is 0.436. The Kier molecular flexibility index (Phi) is 12.7. The minimum Gasteiger partial charge on any atom is -0.512 e. The summed E-state index contributed by atoms with van der Waals surface area (Å²) in [6.07, 6.45) is 14.9. The maximum atomic E-state index is 12.0. The van der Waals surface area contributed by atoms with Crippen LogP contribution in [0.15, 0.2) is 78.7 Å². The monoisotopic (exact) mass is 755 g/mol. The molecule has 0 spiro atoms. The Hall–Kier alpha value is -2.81. The third-order valence-corrected chi connectivity index (χ3v) is 8.91. The van der Waals surface area contributed by atoms with Crippen LogP contribution in [0.1, 0.15) is 98.0 Å². The second-order valence-corrected chi connectivity index (χ2v) is 12.9. The Bertz CT molecular complexity index is 1520. The van der Waals surface area contributed by atoms with Crippen LogP contribution in [0.4, 0.5) is 0 Å². The van der Waals surface area contributed by atoms with Gasteiger partial charge < -0.3 is 10.1 Å². The number of aliphatic hydroxyl groups is 1. The summed E-state index contributed by atoms with van der Waals surface area (Å²) in [7, 11) is 0. The summed E-state index contributed by atoms with van der Waals surface area (Å²) >= 11 is 0. The van der Waals surface area contributed by atoms with Crippen LogP contribution in [0.25, 0.3) is 32.8 Å². The summed E-state index contributed by atoms with van der Waals surface area (Å²) in [5.41, 5.74) is 3.56. The van der Waals surface area contributed by atoms with E-state index in [0.29, 0.717) is 5.76 Å². The van der Waals surface area contributed by atoms with Gasteiger partial charge in [-0.25, -0.2) is 0 Å². The molecule has 6 rings (SSSR count). The third-order valence-electron chi connectivity index (χ3n) is 8.91. The van der Waals surface area contributed by atoms with Crippen molar-refractivity contribution in [3.8, 4) is 11.3 Å². The van der Waals surface area contributed by atoms with Crippen molar-refractivity contribution in [2.45, 2.75) is 97.8 Å². The number of benzene rings is 3. The largest absolute Gasteiger partial charge is 0.512 e. The van der Waals surface area contributed by atoms with Crippen molar-refractivity contribution in [1.82, 2.24) is 4.98 Å². The van der Waals surface area contributed by atoms with Crippen molar-refractivity contribution in [3.63, 3.8) is 0 Å². The van der Waals surface area contributed by atoms with E-state index in [1.165, 1.54) is 65.6 Å². The second-order valence-electron chi connectivity index (χ2n) is 12.9. The van der Waals surface area contributed by atoms with E-state index in [1.54, 1.807) is 6.08 Å². The molecule has 231 valence electrons. The Labute approximate surface area is 272 Å². The fourth-order valence-corrected chi connectivity index (χ4v) is 6.37. The van der Waals surface area contributed by atoms with Gasteiger partial charge in [0.1, 0.15) is 0 Å². The summed E-state index contributed by atoms with van der Waals surface area (Å²) in [6.45, 7) is 6.73. The van der Waals surface area contributed by atoms with Crippen LogP contribution >= 0.6 is 0 Å². The average molecular weight is 755 g/mol. The minimum atomic E-state index is 0. The summed E-state index contributed by atoms with van der Waals surface area (Å²) in [6, 6.07) is 24.7. The first kappa shape index (κ1) is 34.7. The molecule has 0 amide bonds. The van der Waals surface area contributed by atoms with Crippen molar-refractivity contribution in [1.29, 1.82) is 0 Å². The summed E-state index contributed by atoms with van der Waals surface area (Å²) in [4.78, 5) is 16.7. The molecule has 1 aromatic heterocycles. The molecule has 2 aliphatic carbocycles. The van der Waals surface area contributed by atoms with Crippen LogP contribution in [0.5, 0.6) is 0 Å². The smallest absolute Gasteiger partial charge is 0.162 e. The van der Waals surface area contributed by atoms with Crippen LogP contribution in [-0.2, 0) is 30.3 Å².